The van der Waals surface area contributed by atoms with Gasteiger partial charge in [0, 0.05) is 10.6 Å². The van der Waals surface area contributed by atoms with Crippen molar-refractivity contribution in [3.8, 4) is 0 Å². The maximum atomic E-state index is 13.0. The van der Waals surface area contributed by atoms with Gasteiger partial charge in [-0.1, -0.05) is 43.3 Å². The molecular weight excluding hydrogens is 362 g/mol. The molecule has 1 aliphatic rings. The molecule has 1 saturated heterocycles. The summed E-state index contributed by atoms with van der Waals surface area (Å²) in [5.41, 5.74) is 0.211. The van der Waals surface area contributed by atoms with Gasteiger partial charge in [-0.2, -0.15) is 0 Å². The van der Waals surface area contributed by atoms with Gasteiger partial charge < -0.3 is 10.6 Å². The smallest absolute Gasteiger partial charge is 0.324 e. The molecule has 1 heterocycles. The molecule has 2 aromatic rings. The van der Waals surface area contributed by atoms with Crippen molar-refractivity contribution in [3.63, 3.8) is 0 Å². The molecule has 0 radical (unpaired) electrons. The second-order valence-corrected chi connectivity index (χ2v) is 7.11. The molecule has 140 valence electrons. The molecule has 0 aromatic heterocycles. The molecule has 4 amide bonds. The normalized spacial score (nSPS) is 19.1. The van der Waals surface area contributed by atoms with Crippen LogP contribution in [-0.4, -0.2) is 35.5 Å². The number of benzene rings is 2. The zero-order valence-electron chi connectivity index (χ0n) is 15.2. The van der Waals surface area contributed by atoms with Gasteiger partial charge in [-0.05, 0) is 36.4 Å². The Balaban J connectivity index is 1.76. The zero-order valence-corrected chi connectivity index (χ0v) is 16.0. The van der Waals surface area contributed by atoms with Crippen LogP contribution in [0.4, 0.5) is 10.5 Å². The summed E-state index contributed by atoms with van der Waals surface area (Å²) < 4.78 is 0. The van der Waals surface area contributed by atoms with Crippen LogP contribution in [0.3, 0.4) is 0 Å². The van der Waals surface area contributed by atoms with E-state index in [9.17, 15) is 14.4 Å². The summed E-state index contributed by atoms with van der Waals surface area (Å²) in [4.78, 5) is 39.8. The van der Waals surface area contributed by atoms with Gasteiger partial charge in [0.15, 0.2) is 0 Å². The van der Waals surface area contributed by atoms with Gasteiger partial charge in [0.25, 0.3) is 5.91 Å². The lowest BCUT2D eigenvalue weighted by molar-refractivity contribution is -0.134. The van der Waals surface area contributed by atoms with Gasteiger partial charge in [-0.3, -0.25) is 14.5 Å². The third kappa shape index (κ3) is 3.68. The van der Waals surface area contributed by atoms with Crippen LogP contribution in [0, 0.1) is 0 Å². The van der Waals surface area contributed by atoms with Crippen LogP contribution >= 0.6 is 11.8 Å². The number of anilines is 1. The monoisotopic (exact) mass is 383 g/mol. The van der Waals surface area contributed by atoms with Crippen molar-refractivity contribution in [1.82, 2.24) is 10.2 Å². The Labute approximate surface area is 162 Å². The Morgan fingerprint density at radius 1 is 1.15 bits per heavy atom. The standard InChI is InChI=1S/C20H21N3O3S/c1-3-20(14-8-5-4-6-9-14)18(25)23(19(26)22-20)13-17(24)21-15-10-7-11-16(12-15)27-2/h4-12H,3,13H2,1-2H3,(H,21,24)(H,22,26)/t20-/m1/s1. The molecule has 1 aliphatic heterocycles. The molecule has 1 fully saturated rings. The van der Waals surface area contributed by atoms with E-state index in [-0.39, 0.29) is 6.54 Å². The molecule has 7 heteroatoms. The van der Waals surface area contributed by atoms with Crippen molar-refractivity contribution in [1.29, 1.82) is 0 Å². The fraction of sp³-hybridized carbons (Fsp3) is 0.250. The van der Waals surface area contributed by atoms with E-state index in [1.807, 2.05) is 49.6 Å². The zero-order chi connectivity index (χ0) is 19.4. The Hall–Kier alpha value is -2.80. The number of nitrogens with zero attached hydrogens (tertiary/aromatic N) is 1. The van der Waals surface area contributed by atoms with Crippen molar-refractivity contribution < 1.29 is 14.4 Å². The van der Waals surface area contributed by atoms with Gasteiger partial charge in [0.2, 0.25) is 5.91 Å². The van der Waals surface area contributed by atoms with Crippen molar-refractivity contribution >= 4 is 35.3 Å². The molecule has 0 spiro atoms. The SMILES string of the molecule is CC[C@]1(c2ccccc2)NC(=O)N(CC(=O)Nc2cccc(SC)c2)C1=O. The lowest BCUT2D eigenvalue weighted by atomic mass is 9.87. The summed E-state index contributed by atoms with van der Waals surface area (Å²) in [6, 6.07) is 15.9. The van der Waals surface area contributed by atoms with Crippen LogP contribution < -0.4 is 10.6 Å². The van der Waals surface area contributed by atoms with E-state index < -0.39 is 23.4 Å². The molecule has 3 rings (SSSR count). The molecule has 2 aromatic carbocycles. The lowest BCUT2D eigenvalue weighted by Gasteiger charge is -2.25. The van der Waals surface area contributed by atoms with Gasteiger partial charge in [-0.25, -0.2) is 4.79 Å². The molecule has 0 saturated carbocycles. The molecule has 1 atom stereocenters. The number of thioether (sulfide) groups is 1. The topological polar surface area (TPSA) is 78.5 Å². The van der Waals surface area contributed by atoms with Gasteiger partial charge >= 0.3 is 6.03 Å². The van der Waals surface area contributed by atoms with Gasteiger partial charge in [0.1, 0.15) is 12.1 Å². The summed E-state index contributed by atoms with van der Waals surface area (Å²) in [7, 11) is 0. The van der Waals surface area contributed by atoms with Crippen molar-refractivity contribution in [2.45, 2.75) is 23.8 Å². The third-order valence-electron chi connectivity index (χ3n) is 4.63. The predicted molar refractivity (Wildman–Crippen MR) is 106 cm³/mol. The second-order valence-electron chi connectivity index (χ2n) is 6.23. The largest absolute Gasteiger partial charge is 0.325 e. The fourth-order valence-electron chi connectivity index (χ4n) is 3.18. The van der Waals surface area contributed by atoms with Crippen LogP contribution in [0.2, 0.25) is 0 Å². The second kappa shape index (κ2) is 7.84. The molecule has 6 nitrogen and oxygen atoms in total. The van der Waals surface area contributed by atoms with E-state index in [1.165, 1.54) is 0 Å². The quantitative estimate of drug-likeness (QED) is 0.593. The summed E-state index contributed by atoms with van der Waals surface area (Å²) in [6.07, 6.45) is 2.34. The number of hydrogen-bond acceptors (Lipinski definition) is 4. The summed E-state index contributed by atoms with van der Waals surface area (Å²) in [5.74, 6) is -0.828. The number of imide groups is 1. The molecular formula is C20H21N3O3S. The van der Waals surface area contributed by atoms with Crippen LogP contribution in [0.1, 0.15) is 18.9 Å². The Morgan fingerprint density at radius 3 is 2.56 bits per heavy atom. The number of carbonyl (C=O) groups excluding carboxylic acids is 3. The van der Waals surface area contributed by atoms with Crippen molar-refractivity contribution in [3.05, 3.63) is 60.2 Å². The van der Waals surface area contributed by atoms with E-state index >= 15 is 0 Å². The van der Waals surface area contributed by atoms with E-state index in [4.69, 9.17) is 0 Å². The minimum atomic E-state index is -1.13. The van der Waals surface area contributed by atoms with Crippen LogP contribution in [-0.2, 0) is 15.1 Å². The van der Waals surface area contributed by atoms with Crippen LogP contribution in [0.25, 0.3) is 0 Å². The van der Waals surface area contributed by atoms with Gasteiger partial charge in [-0.15, -0.1) is 11.8 Å². The molecule has 0 aliphatic carbocycles. The first kappa shape index (κ1) is 19.0. The number of carbonyl (C=O) groups is 3. The average Bonchev–Trinajstić information content (AvgIpc) is 2.94. The number of nitrogens with one attached hydrogen (secondary N) is 2. The van der Waals surface area contributed by atoms with E-state index in [0.29, 0.717) is 17.7 Å². The first-order chi connectivity index (χ1) is 13.0. The molecule has 2 N–H and O–H groups in total. The Kier molecular flexibility index (Phi) is 5.51. The molecule has 0 unspecified atom stereocenters. The average molecular weight is 383 g/mol. The minimum Gasteiger partial charge on any atom is -0.324 e. The van der Waals surface area contributed by atoms with Crippen LogP contribution in [0.15, 0.2) is 59.5 Å². The maximum Gasteiger partial charge on any atom is 0.325 e. The minimum absolute atomic E-state index is 0.331. The van der Waals surface area contributed by atoms with E-state index in [0.717, 1.165) is 9.80 Å². The highest BCUT2D eigenvalue weighted by Crippen LogP contribution is 2.32. The van der Waals surface area contributed by atoms with Crippen molar-refractivity contribution in [2.24, 2.45) is 0 Å². The van der Waals surface area contributed by atoms with E-state index in [2.05, 4.69) is 10.6 Å². The summed E-state index contributed by atoms with van der Waals surface area (Å²) in [6.45, 7) is 1.51. The highest BCUT2D eigenvalue weighted by molar-refractivity contribution is 7.98. The van der Waals surface area contributed by atoms with Gasteiger partial charge in [0.05, 0.1) is 0 Å². The highest BCUT2D eigenvalue weighted by atomic mass is 32.2. The predicted octanol–water partition coefficient (Wildman–Crippen LogP) is 3.20. The lowest BCUT2D eigenvalue weighted by Crippen LogP contribution is -2.44. The fourth-order valence-corrected chi connectivity index (χ4v) is 3.64. The Bertz CT molecular complexity index is 872. The Morgan fingerprint density at radius 2 is 1.89 bits per heavy atom. The van der Waals surface area contributed by atoms with Crippen molar-refractivity contribution in [2.75, 3.05) is 18.1 Å². The first-order valence-electron chi connectivity index (χ1n) is 8.63. The van der Waals surface area contributed by atoms with Crippen LogP contribution in [0.5, 0.6) is 0 Å². The maximum absolute atomic E-state index is 13.0. The first-order valence-corrected chi connectivity index (χ1v) is 9.86. The molecule has 0 bridgehead atoms. The third-order valence-corrected chi connectivity index (χ3v) is 5.35. The number of amides is 4. The molecule has 27 heavy (non-hydrogen) atoms. The number of hydrogen-bond donors (Lipinski definition) is 2. The van der Waals surface area contributed by atoms with E-state index in [1.54, 1.807) is 30.0 Å². The number of urea groups is 1. The highest BCUT2D eigenvalue weighted by Gasteiger charge is 2.51. The summed E-state index contributed by atoms with van der Waals surface area (Å²) in [5, 5.41) is 5.52. The summed E-state index contributed by atoms with van der Waals surface area (Å²) >= 11 is 1.56. The number of rotatable bonds is 6.